The Morgan fingerprint density at radius 2 is 1.36 bits per heavy atom. The van der Waals surface area contributed by atoms with Crippen molar-refractivity contribution in [3.8, 4) is 0 Å². The number of hydrogen-bond acceptors (Lipinski definition) is 13. The molecule has 0 saturated carbocycles. The highest BCUT2D eigenvalue weighted by molar-refractivity contribution is 6.05. The first-order valence-electron chi connectivity index (χ1n) is 22.9. The first kappa shape index (κ1) is 52.7. The molecule has 2 saturated heterocycles. The lowest BCUT2D eigenvalue weighted by atomic mass is 9.68. The van der Waals surface area contributed by atoms with Gasteiger partial charge in [0, 0.05) is 83.7 Å². The number of carbonyl (C=O) groups excluding carboxylic acids is 8. The van der Waals surface area contributed by atoms with Gasteiger partial charge in [-0.3, -0.25) is 19.2 Å². The van der Waals surface area contributed by atoms with Crippen LogP contribution >= 0.6 is 0 Å². The van der Waals surface area contributed by atoms with Gasteiger partial charge in [0.15, 0.2) is 0 Å². The maximum atomic E-state index is 13.8. The van der Waals surface area contributed by atoms with E-state index >= 15 is 0 Å². The molecule has 4 aromatic rings. The molecule has 2 aromatic heterocycles. The second-order valence-electron chi connectivity index (χ2n) is 16.6. The van der Waals surface area contributed by atoms with Crippen molar-refractivity contribution >= 4 is 69.4 Å². The monoisotopic (exact) mass is 949 g/mol. The zero-order valence-corrected chi connectivity index (χ0v) is 37.7. The maximum Gasteiger partial charge on any atom is 0.338 e. The smallest absolute Gasteiger partial charge is 0.338 e. The zero-order valence-electron chi connectivity index (χ0n) is 37.7. The van der Waals surface area contributed by atoms with Gasteiger partial charge in [-0.05, 0) is 94.9 Å². The summed E-state index contributed by atoms with van der Waals surface area (Å²) in [7, 11) is 0. The van der Waals surface area contributed by atoms with Crippen LogP contribution in [0.2, 0.25) is 0 Å². The number of hydroxylamine groups is 2. The van der Waals surface area contributed by atoms with Crippen molar-refractivity contribution in [2.75, 3.05) is 26.3 Å². The molecule has 2 atom stereocenters. The number of rotatable bonds is 14. The van der Waals surface area contributed by atoms with E-state index in [2.05, 4.69) is 44.4 Å². The summed E-state index contributed by atoms with van der Waals surface area (Å²) in [5.74, 6) is -5.39. The van der Waals surface area contributed by atoms with Gasteiger partial charge in [0.2, 0.25) is 5.91 Å². The number of amides is 3. The average Bonchev–Trinajstić information content (AvgIpc) is 4.16. The Bertz CT molecular complexity index is 2620. The predicted molar refractivity (Wildman–Crippen MR) is 256 cm³/mol. The van der Waals surface area contributed by atoms with E-state index in [0.29, 0.717) is 49.6 Å². The van der Waals surface area contributed by atoms with Gasteiger partial charge in [0.05, 0.1) is 31.1 Å². The minimum absolute atomic E-state index is 0. The van der Waals surface area contributed by atoms with Crippen LogP contribution in [0.4, 0.5) is 0 Å². The number of H-pyrrole nitrogens is 2. The molecule has 3 N–H and O–H groups in total. The van der Waals surface area contributed by atoms with E-state index in [1.807, 2.05) is 49.5 Å². The minimum Gasteiger partial charge on any atom is -0.465 e. The molecule has 0 spiro atoms. The number of fused-ring (bicyclic) bond motifs is 3. The van der Waals surface area contributed by atoms with E-state index in [1.165, 1.54) is 16.5 Å². The molecule has 368 valence electrons. The lowest BCUT2D eigenvalue weighted by Gasteiger charge is -2.35. The summed E-state index contributed by atoms with van der Waals surface area (Å²) in [6, 6.07) is 16.2. The third-order valence-electron chi connectivity index (χ3n) is 12.5. The van der Waals surface area contributed by atoms with Gasteiger partial charge in [0.25, 0.3) is 11.8 Å². The fourth-order valence-corrected chi connectivity index (χ4v) is 9.32. The minimum atomic E-state index is -1.32. The number of nitrogens with zero attached hydrogens (tertiary/aromatic N) is 2. The molecule has 5 aliphatic rings. The summed E-state index contributed by atoms with van der Waals surface area (Å²) in [6.07, 6.45) is 14.7. The number of aromatic amines is 2. The summed E-state index contributed by atoms with van der Waals surface area (Å²) in [5, 5.41) is 6.28. The van der Waals surface area contributed by atoms with E-state index in [9.17, 15) is 38.4 Å². The molecule has 3 amide bonds. The summed E-state index contributed by atoms with van der Waals surface area (Å²) in [6.45, 7) is 5.27. The first-order chi connectivity index (χ1) is 32.4. The highest BCUT2D eigenvalue weighted by Crippen LogP contribution is 2.54. The van der Waals surface area contributed by atoms with Crippen molar-refractivity contribution < 1.29 is 57.4 Å². The number of aromatic nitrogens is 2. The van der Waals surface area contributed by atoms with E-state index in [4.69, 9.17) is 14.3 Å². The lowest BCUT2D eigenvalue weighted by molar-refractivity contribution is -0.199. The molecular formula is C52H63N5O12. The van der Waals surface area contributed by atoms with E-state index in [1.54, 1.807) is 11.8 Å². The van der Waals surface area contributed by atoms with Gasteiger partial charge in [-0.15, -0.1) is 5.06 Å². The number of imide groups is 1. The number of allylic oxidation sites excluding steroid dienone is 2. The van der Waals surface area contributed by atoms with Gasteiger partial charge in [0.1, 0.15) is 5.41 Å². The third-order valence-corrected chi connectivity index (χ3v) is 12.5. The van der Waals surface area contributed by atoms with Crippen molar-refractivity contribution in [2.45, 2.75) is 106 Å². The Morgan fingerprint density at radius 1 is 0.768 bits per heavy atom. The number of cyclic esters (lactones) is 2. The van der Waals surface area contributed by atoms with Crippen LogP contribution in [0, 0.1) is 11.3 Å². The van der Waals surface area contributed by atoms with Crippen LogP contribution in [0.5, 0.6) is 0 Å². The molecule has 9 rings (SSSR count). The van der Waals surface area contributed by atoms with Crippen molar-refractivity contribution in [3.63, 3.8) is 0 Å². The molecule has 69 heavy (non-hydrogen) atoms. The molecule has 2 fully saturated rings. The van der Waals surface area contributed by atoms with Crippen LogP contribution in [-0.4, -0.2) is 93.8 Å². The Morgan fingerprint density at radius 3 is 1.96 bits per heavy atom. The molecular weight excluding hydrogens is 887 g/mol. The highest BCUT2D eigenvalue weighted by atomic mass is 16.7. The number of benzene rings is 2. The molecule has 0 bridgehead atoms. The zero-order chi connectivity index (χ0) is 47.5. The largest absolute Gasteiger partial charge is 0.465 e. The van der Waals surface area contributed by atoms with E-state index in [-0.39, 0.29) is 46.2 Å². The lowest BCUT2D eigenvalue weighted by Crippen LogP contribution is -2.42. The number of nitrogens with one attached hydrogen (secondary N) is 3. The van der Waals surface area contributed by atoms with Gasteiger partial charge in [-0.2, -0.15) is 0 Å². The average molecular weight is 950 g/mol. The van der Waals surface area contributed by atoms with Crippen molar-refractivity contribution in [1.82, 2.24) is 25.2 Å². The SMILES string of the molecule is C.C.CCOC(=O)C1=C(NCCc2c[nH]c3ccccc23)CCCC1.CCOC(=O)[C@@]12CCCC=C1N(CCc1c[nH]c3ccccc13)C(=O)[C@H]2CC(=O)ON1C(=O)CCC1=O.O=C1C=CC(=O)O1. The standard InChI is InChI=1S/C27H29N3O7.C19H24N2O2.C4H2O3.2CH4/c1-2-36-26(35)27-13-6-5-9-21(27)29(14-12-17-16-28-20-8-4-3-7-18(17)20)25(34)19(27)15-24(33)37-30-22(31)10-11-23(30)32;1-2-23-19(22)16-8-4-6-10-18(16)20-12-11-14-13-21-17-9-5-3-7-15(14)17;5-3-1-2-4(6)7-3;;/h3-4,7-9,16,19,28H,2,5-6,10-15H2,1H3;3,5,7,9,13,20-21H,2,4,6,8,10-12H2,1H3;1-2H;2*1H4/t19-,27-;;;;/m1..../s1. The topological polar surface area (TPSA) is 224 Å². The fourth-order valence-electron chi connectivity index (χ4n) is 9.32. The Labute approximate surface area is 401 Å². The van der Waals surface area contributed by atoms with Crippen LogP contribution in [0.25, 0.3) is 21.8 Å². The molecule has 2 aromatic carbocycles. The van der Waals surface area contributed by atoms with Crippen LogP contribution in [0.1, 0.15) is 104 Å². The summed E-state index contributed by atoms with van der Waals surface area (Å²) in [4.78, 5) is 109. The van der Waals surface area contributed by atoms with Crippen molar-refractivity contribution in [2.24, 2.45) is 11.3 Å². The molecule has 2 aliphatic carbocycles. The quantitative estimate of drug-likeness (QED) is 0.0487. The molecule has 17 heteroatoms. The number of ether oxygens (including phenoxy) is 3. The normalized spacial score (nSPS) is 19.4. The Balaban J connectivity index is 0.000000236. The fraction of sp³-hybridized carbons (Fsp3) is 0.423. The first-order valence-corrected chi connectivity index (χ1v) is 22.9. The molecule has 0 unspecified atom stereocenters. The van der Waals surface area contributed by atoms with Crippen LogP contribution in [-0.2, 0) is 70.2 Å². The number of carbonyl (C=O) groups is 8. The Hall–Kier alpha value is -7.30. The number of esters is 4. The molecule has 17 nitrogen and oxygen atoms in total. The summed E-state index contributed by atoms with van der Waals surface area (Å²) in [5.41, 5.74) is 5.68. The molecule has 0 radical (unpaired) electrons. The van der Waals surface area contributed by atoms with Gasteiger partial charge < -0.3 is 39.2 Å². The second-order valence-corrected chi connectivity index (χ2v) is 16.6. The number of hydrogen-bond donors (Lipinski definition) is 3. The number of likely N-dealkylation sites (tertiary alicyclic amines) is 1. The van der Waals surface area contributed by atoms with Gasteiger partial charge in [-0.25, -0.2) is 19.2 Å². The molecule has 5 heterocycles. The van der Waals surface area contributed by atoms with Crippen molar-refractivity contribution in [1.29, 1.82) is 0 Å². The summed E-state index contributed by atoms with van der Waals surface area (Å²) >= 11 is 0. The van der Waals surface area contributed by atoms with E-state index in [0.717, 1.165) is 78.5 Å². The summed E-state index contributed by atoms with van der Waals surface area (Å²) < 4.78 is 14.6. The maximum absolute atomic E-state index is 13.8. The predicted octanol–water partition coefficient (Wildman–Crippen LogP) is 7.37. The van der Waals surface area contributed by atoms with Gasteiger partial charge >= 0.3 is 29.8 Å². The van der Waals surface area contributed by atoms with Crippen LogP contribution in [0.15, 0.2) is 96.1 Å². The number of para-hydroxylation sites is 2. The second kappa shape index (κ2) is 24.1. The van der Waals surface area contributed by atoms with Crippen molar-refractivity contribution in [3.05, 3.63) is 107 Å². The Kier molecular flexibility index (Phi) is 18.4. The van der Waals surface area contributed by atoms with Crippen LogP contribution in [0.3, 0.4) is 0 Å². The van der Waals surface area contributed by atoms with Gasteiger partial charge in [-0.1, -0.05) is 57.3 Å². The molecule has 3 aliphatic heterocycles. The third kappa shape index (κ3) is 11.9. The van der Waals surface area contributed by atoms with E-state index < -0.39 is 53.4 Å². The highest BCUT2D eigenvalue weighted by Gasteiger charge is 2.62. The van der Waals surface area contributed by atoms with Crippen LogP contribution < -0.4 is 5.32 Å².